The van der Waals surface area contributed by atoms with Crippen LogP contribution in [0.5, 0.6) is 5.19 Å². The molecular formula is C11H20N4OS. The summed E-state index contributed by atoms with van der Waals surface area (Å²) in [4.78, 5) is 2.10. The van der Waals surface area contributed by atoms with Crippen molar-refractivity contribution in [3.63, 3.8) is 0 Å². The number of hydrogen-bond donors (Lipinski definition) is 1. The van der Waals surface area contributed by atoms with Crippen molar-refractivity contribution >= 4 is 11.3 Å². The van der Waals surface area contributed by atoms with Gasteiger partial charge in [0.2, 0.25) is 0 Å². The molecule has 1 aliphatic carbocycles. The van der Waals surface area contributed by atoms with Gasteiger partial charge in [-0.3, -0.25) is 0 Å². The van der Waals surface area contributed by atoms with Crippen molar-refractivity contribution < 1.29 is 4.74 Å². The number of rotatable bonds is 7. The van der Waals surface area contributed by atoms with Crippen LogP contribution in [-0.2, 0) is 6.54 Å². The molecule has 1 fully saturated rings. The summed E-state index contributed by atoms with van der Waals surface area (Å²) in [6.45, 7) is 3.74. The smallest absolute Gasteiger partial charge is 0.294 e. The number of likely N-dealkylation sites (N-methyl/N-ethyl adjacent to an activating group) is 1. The number of aromatic nitrogens is 2. The maximum absolute atomic E-state index is 5.70. The summed E-state index contributed by atoms with van der Waals surface area (Å²) in [5.41, 5.74) is 0. The second kappa shape index (κ2) is 5.75. The third kappa shape index (κ3) is 4.57. The lowest BCUT2D eigenvalue weighted by Crippen LogP contribution is -2.27. The summed E-state index contributed by atoms with van der Waals surface area (Å²) in [5, 5.41) is 13.3. The molecule has 0 radical (unpaired) electrons. The first-order chi connectivity index (χ1) is 8.13. The summed E-state index contributed by atoms with van der Waals surface area (Å²) in [5.74, 6) is 0. The average molecular weight is 256 g/mol. The summed E-state index contributed by atoms with van der Waals surface area (Å²) < 4.78 is 5.70. The van der Waals surface area contributed by atoms with E-state index in [-0.39, 0.29) is 6.10 Å². The minimum atomic E-state index is 0.141. The maximum atomic E-state index is 5.70. The van der Waals surface area contributed by atoms with Gasteiger partial charge in [0, 0.05) is 12.6 Å². The molecule has 1 aromatic heterocycles. The Morgan fingerprint density at radius 1 is 1.47 bits per heavy atom. The molecule has 1 unspecified atom stereocenters. The van der Waals surface area contributed by atoms with Gasteiger partial charge < -0.3 is 15.0 Å². The van der Waals surface area contributed by atoms with Crippen LogP contribution in [0.2, 0.25) is 0 Å². The Morgan fingerprint density at radius 2 is 2.24 bits per heavy atom. The molecule has 0 aliphatic heterocycles. The molecule has 17 heavy (non-hydrogen) atoms. The fraction of sp³-hybridized carbons (Fsp3) is 0.818. The number of nitrogens with zero attached hydrogens (tertiary/aromatic N) is 3. The van der Waals surface area contributed by atoms with Gasteiger partial charge in [-0.05, 0) is 33.9 Å². The average Bonchev–Trinajstić information content (AvgIpc) is 2.96. The zero-order chi connectivity index (χ0) is 12.3. The first-order valence-corrected chi connectivity index (χ1v) is 6.82. The van der Waals surface area contributed by atoms with Crippen molar-refractivity contribution in [3.8, 4) is 5.19 Å². The van der Waals surface area contributed by atoms with Gasteiger partial charge in [-0.1, -0.05) is 16.4 Å². The van der Waals surface area contributed by atoms with Crippen molar-refractivity contribution in [2.24, 2.45) is 0 Å². The Hall–Kier alpha value is -0.720. The minimum Gasteiger partial charge on any atom is -0.465 e. The molecule has 1 N–H and O–H groups in total. The van der Waals surface area contributed by atoms with E-state index in [0.29, 0.717) is 11.2 Å². The van der Waals surface area contributed by atoms with E-state index >= 15 is 0 Å². The molecule has 0 spiro atoms. The zero-order valence-electron chi connectivity index (χ0n) is 10.6. The normalized spacial score (nSPS) is 17.4. The van der Waals surface area contributed by atoms with Crippen molar-refractivity contribution in [2.75, 3.05) is 20.6 Å². The van der Waals surface area contributed by atoms with Gasteiger partial charge in [0.1, 0.15) is 11.1 Å². The quantitative estimate of drug-likeness (QED) is 0.792. The molecule has 0 amide bonds. The second-order valence-electron chi connectivity index (χ2n) is 4.81. The lowest BCUT2D eigenvalue weighted by Gasteiger charge is -2.16. The highest BCUT2D eigenvalue weighted by Crippen LogP contribution is 2.22. The molecule has 0 aromatic carbocycles. The van der Waals surface area contributed by atoms with Gasteiger partial charge >= 0.3 is 0 Å². The lowest BCUT2D eigenvalue weighted by atomic mass is 10.4. The van der Waals surface area contributed by atoms with Crippen LogP contribution >= 0.6 is 11.3 Å². The van der Waals surface area contributed by atoms with Crippen LogP contribution in [0.15, 0.2) is 0 Å². The fourth-order valence-corrected chi connectivity index (χ4v) is 2.33. The van der Waals surface area contributed by atoms with Gasteiger partial charge in [-0.25, -0.2) is 0 Å². The SMILES string of the molecule is CC(CN(C)C)Oc1nnc(CNC2CC2)s1. The number of ether oxygens (including phenoxy) is 1. The van der Waals surface area contributed by atoms with E-state index in [4.69, 9.17) is 4.74 Å². The van der Waals surface area contributed by atoms with E-state index < -0.39 is 0 Å². The summed E-state index contributed by atoms with van der Waals surface area (Å²) in [6, 6.07) is 0.705. The monoisotopic (exact) mass is 256 g/mol. The zero-order valence-corrected chi connectivity index (χ0v) is 11.5. The molecule has 1 heterocycles. The van der Waals surface area contributed by atoms with Gasteiger partial charge in [0.15, 0.2) is 0 Å². The summed E-state index contributed by atoms with van der Waals surface area (Å²) >= 11 is 1.53. The van der Waals surface area contributed by atoms with Gasteiger partial charge in [0.05, 0.1) is 6.54 Å². The number of nitrogens with one attached hydrogen (secondary N) is 1. The van der Waals surface area contributed by atoms with Crippen LogP contribution in [0.25, 0.3) is 0 Å². The third-order valence-corrected chi connectivity index (χ3v) is 3.31. The first kappa shape index (κ1) is 12.7. The molecule has 0 bridgehead atoms. The molecule has 1 aromatic rings. The van der Waals surface area contributed by atoms with E-state index in [1.54, 1.807) is 0 Å². The summed E-state index contributed by atoms with van der Waals surface area (Å²) in [6.07, 6.45) is 2.73. The maximum Gasteiger partial charge on any atom is 0.294 e. The third-order valence-electron chi connectivity index (χ3n) is 2.49. The van der Waals surface area contributed by atoms with Gasteiger partial charge in [-0.15, -0.1) is 5.10 Å². The summed E-state index contributed by atoms with van der Waals surface area (Å²) in [7, 11) is 4.07. The molecule has 96 valence electrons. The van der Waals surface area contributed by atoms with Gasteiger partial charge in [0.25, 0.3) is 5.19 Å². The van der Waals surface area contributed by atoms with Crippen molar-refractivity contribution in [3.05, 3.63) is 5.01 Å². The van der Waals surface area contributed by atoms with Gasteiger partial charge in [-0.2, -0.15) is 0 Å². The minimum absolute atomic E-state index is 0.141. The first-order valence-electron chi connectivity index (χ1n) is 6.00. The van der Waals surface area contributed by atoms with E-state index in [0.717, 1.165) is 18.1 Å². The molecule has 1 aliphatic rings. The predicted octanol–water partition coefficient (Wildman–Crippen LogP) is 1.12. The molecule has 6 heteroatoms. The van der Waals surface area contributed by atoms with Crippen LogP contribution in [-0.4, -0.2) is 47.9 Å². The van der Waals surface area contributed by atoms with E-state index in [9.17, 15) is 0 Å². The molecule has 1 saturated carbocycles. The number of hydrogen-bond acceptors (Lipinski definition) is 6. The Labute approximate surface area is 106 Å². The Balaban J connectivity index is 1.76. The van der Waals surface area contributed by atoms with Crippen molar-refractivity contribution in [1.82, 2.24) is 20.4 Å². The predicted molar refractivity (Wildman–Crippen MR) is 68.4 cm³/mol. The highest BCUT2D eigenvalue weighted by Gasteiger charge is 2.21. The Morgan fingerprint density at radius 3 is 2.88 bits per heavy atom. The van der Waals surface area contributed by atoms with Crippen LogP contribution in [0.3, 0.4) is 0 Å². The van der Waals surface area contributed by atoms with Crippen LogP contribution < -0.4 is 10.1 Å². The largest absolute Gasteiger partial charge is 0.465 e. The Kier molecular flexibility index (Phi) is 4.31. The Bertz CT molecular complexity index is 351. The highest BCUT2D eigenvalue weighted by atomic mass is 32.1. The lowest BCUT2D eigenvalue weighted by molar-refractivity contribution is 0.175. The van der Waals surface area contributed by atoms with Crippen LogP contribution in [0, 0.1) is 0 Å². The topological polar surface area (TPSA) is 50.3 Å². The molecule has 2 rings (SSSR count). The molecule has 1 atom stereocenters. The molecule has 5 nitrogen and oxygen atoms in total. The van der Waals surface area contributed by atoms with Crippen LogP contribution in [0.4, 0.5) is 0 Å². The van der Waals surface area contributed by atoms with Crippen LogP contribution in [0.1, 0.15) is 24.8 Å². The fourth-order valence-electron chi connectivity index (χ4n) is 1.60. The van der Waals surface area contributed by atoms with E-state index in [2.05, 4.69) is 20.4 Å². The van der Waals surface area contributed by atoms with Crippen molar-refractivity contribution in [1.29, 1.82) is 0 Å². The standard InChI is InChI=1S/C11H20N4OS/c1-8(7-15(2)3)16-11-14-13-10(17-11)6-12-9-4-5-9/h8-9,12H,4-7H2,1-3H3. The van der Waals surface area contributed by atoms with Crippen molar-refractivity contribution in [2.45, 2.75) is 38.5 Å². The molecule has 0 saturated heterocycles. The van der Waals surface area contributed by atoms with E-state index in [1.807, 2.05) is 21.0 Å². The molecular weight excluding hydrogens is 236 g/mol. The second-order valence-corrected chi connectivity index (χ2v) is 5.83. The highest BCUT2D eigenvalue weighted by molar-refractivity contribution is 7.13. The van der Waals surface area contributed by atoms with E-state index in [1.165, 1.54) is 24.2 Å².